The quantitative estimate of drug-likeness (QED) is 0.175. The second-order valence-electron chi connectivity index (χ2n) is 12.9. The monoisotopic (exact) mass is 669 g/mol. The van der Waals surface area contributed by atoms with Crippen molar-refractivity contribution in [3.8, 4) is 33.4 Å². The Morgan fingerprint density at radius 2 is 0.922 bits per heavy atom. The van der Waals surface area contributed by atoms with Crippen LogP contribution in [0.2, 0.25) is 0 Å². The summed E-state index contributed by atoms with van der Waals surface area (Å²) in [7, 11) is 0. The number of hydrogen-bond donors (Lipinski definition) is 0. The lowest BCUT2D eigenvalue weighted by atomic mass is 9.99. The fraction of sp³-hybridized carbons (Fsp3) is 0. The Morgan fingerprint density at radius 1 is 0.353 bits per heavy atom. The Balaban J connectivity index is 1.16. The molecule has 10 aromatic rings. The van der Waals surface area contributed by atoms with Crippen LogP contribution in [0.5, 0.6) is 0 Å². The average Bonchev–Trinajstić information content (AvgIpc) is 3.78. The number of para-hydroxylation sites is 1. The molecule has 2 nitrogen and oxygen atoms in total. The van der Waals surface area contributed by atoms with E-state index in [-0.39, 0.29) is 0 Å². The first-order chi connectivity index (χ1) is 25.3. The highest BCUT2D eigenvalue weighted by Gasteiger charge is 2.20. The first-order valence-electron chi connectivity index (χ1n) is 17.3. The van der Waals surface area contributed by atoms with E-state index in [1.54, 1.807) is 0 Å². The van der Waals surface area contributed by atoms with Gasteiger partial charge in [-0.1, -0.05) is 140 Å². The van der Waals surface area contributed by atoms with Crippen molar-refractivity contribution in [1.29, 1.82) is 0 Å². The minimum atomic E-state index is 0.890. The molecule has 0 spiro atoms. The number of fused-ring (bicyclic) bond motifs is 6. The maximum Gasteiger partial charge on any atom is 0.135 e. The van der Waals surface area contributed by atoms with Gasteiger partial charge in [0, 0.05) is 37.6 Å². The second kappa shape index (κ2) is 12.2. The van der Waals surface area contributed by atoms with Gasteiger partial charge in [-0.15, -0.1) is 11.3 Å². The fourth-order valence-corrected chi connectivity index (χ4v) is 8.76. The Hall–Kier alpha value is -6.42. The van der Waals surface area contributed by atoms with Crippen molar-refractivity contribution in [2.75, 3.05) is 4.90 Å². The molecule has 0 amide bonds. The van der Waals surface area contributed by atoms with Crippen LogP contribution in [0.1, 0.15) is 0 Å². The Morgan fingerprint density at radius 3 is 1.71 bits per heavy atom. The van der Waals surface area contributed by atoms with Crippen LogP contribution in [0.25, 0.3) is 75.5 Å². The van der Waals surface area contributed by atoms with Gasteiger partial charge in [0.05, 0.1) is 10.4 Å². The van der Waals surface area contributed by atoms with Crippen LogP contribution in [0.15, 0.2) is 192 Å². The lowest BCUT2D eigenvalue weighted by molar-refractivity contribution is 0.669. The van der Waals surface area contributed by atoms with Crippen molar-refractivity contribution in [2.24, 2.45) is 0 Å². The number of furan rings is 1. The third kappa shape index (κ3) is 5.10. The summed E-state index contributed by atoms with van der Waals surface area (Å²) >= 11 is 1.87. The van der Waals surface area contributed by atoms with Gasteiger partial charge in [0.15, 0.2) is 0 Å². The van der Waals surface area contributed by atoms with Gasteiger partial charge in [0.1, 0.15) is 11.2 Å². The van der Waals surface area contributed by atoms with Crippen LogP contribution in [-0.2, 0) is 0 Å². The molecule has 0 aliphatic carbocycles. The minimum absolute atomic E-state index is 0.890. The highest BCUT2D eigenvalue weighted by molar-refractivity contribution is 7.27. The molecule has 0 saturated carbocycles. The van der Waals surface area contributed by atoms with E-state index in [0.29, 0.717) is 0 Å². The number of hydrogen-bond acceptors (Lipinski definition) is 3. The van der Waals surface area contributed by atoms with Crippen LogP contribution in [0.3, 0.4) is 0 Å². The van der Waals surface area contributed by atoms with Crippen molar-refractivity contribution in [2.45, 2.75) is 0 Å². The molecule has 2 aromatic heterocycles. The largest absolute Gasteiger partial charge is 0.456 e. The molecule has 0 radical (unpaired) electrons. The molecule has 3 heteroatoms. The molecule has 0 unspecified atom stereocenters. The molecule has 0 bridgehead atoms. The smallest absolute Gasteiger partial charge is 0.135 e. The van der Waals surface area contributed by atoms with Gasteiger partial charge in [0.2, 0.25) is 0 Å². The normalized spacial score (nSPS) is 11.5. The number of anilines is 3. The molecule has 0 saturated heterocycles. The Kier molecular flexibility index (Phi) is 7.04. The summed E-state index contributed by atoms with van der Waals surface area (Å²) in [5.41, 5.74) is 12.4. The molecule has 0 atom stereocenters. The fourth-order valence-electron chi connectivity index (χ4n) is 7.42. The van der Waals surface area contributed by atoms with E-state index in [2.05, 4.69) is 181 Å². The number of nitrogens with zero attached hydrogens (tertiary/aromatic N) is 1. The topological polar surface area (TPSA) is 16.4 Å². The lowest BCUT2D eigenvalue weighted by Gasteiger charge is -2.26. The predicted molar refractivity (Wildman–Crippen MR) is 218 cm³/mol. The van der Waals surface area contributed by atoms with E-state index in [4.69, 9.17) is 4.42 Å². The maximum atomic E-state index is 6.25. The maximum absolute atomic E-state index is 6.25. The molecule has 0 aliphatic rings. The summed E-state index contributed by atoms with van der Waals surface area (Å²) in [4.78, 5) is 2.41. The van der Waals surface area contributed by atoms with Crippen LogP contribution in [0.4, 0.5) is 17.1 Å². The zero-order valence-corrected chi connectivity index (χ0v) is 28.5. The van der Waals surface area contributed by atoms with E-state index in [1.807, 2.05) is 23.5 Å². The van der Waals surface area contributed by atoms with Crippen molar-refractivity contribution >= 4 is 70.5 Å². The average molecular weight is 670 g/mol. The Labute approximate surface area is 300 Å². The van der Waals surface area contributed by atoms with Crippen molar-refractivity contribution < 1.29 is 4.42 Å². The number of thiophene rings is 1. The van der Waals surface area contributed by atoms with E-state index in [0.717, 1.165) is 39.0 Å². The summed E-state index contributed by atoms with van der Waals surface area (Å²) in [6.07, 6.45) is 0. The van der Waals surface area contributed by atoms with Gasteiger partial charge in [-0.25, -0.2) is 0 Å². The van der Waals surface area contributed by atoms with Crippen molar-refractivity contribution in [3.63, 3.8) is 0 Å². The van der Waals surface area contributed by atoms with E-state index in [1.165, 1.54) is 53.6 Å². The van der Waals surface area contributed by atoms with Crippen molar-refractivity contribution in [1.82, 2.24) is 0 Å². The molecule has 0 fully saturated rings. The SMILES string of the molecule is c1ccc(-c2cccc(-c3ccc(N(c4ccc5oc6ccccc6c5c4)c4cccc5c4sc4c(-c6ccccc6)cccc45)cc3)c2)cc1. The summed E-state index contributed by atoms with van der Waals surface area (Å²) in [5.74, 6) is 0. The molecule has 0 aliphatic heterocycles. The molecule has 8 aromatic carbocycles. The van der Waals surface area contributed by atoms with Crippen LogP contribution >= 0.6 is 11.3 Å². The van der Waals surface area contributed by atoms with E-state index in [9.17, 15) is 0 Å². The first-order valence-corrected chi connectivity index (χ1v) is 18.1. The second-order valence-corrected chi connectivity index (χ2v) is 13.9. The zero-order valence-electron chi connectivity index (χ0n) is 27.7. The number of benzene rings is 8. The lowest BCUT2D eigenvalue weighted by Crippen LogP contribution is -2.10. The van der Waals surface area contributed by atoms with Crippen LogP contribution < -0.4 is 4.90 Å². The number of rotatable bonds is 6. The van der Waals surface area contributed by atoms with E-state index < -0.39 is 0 Å². The van der Waals surface area contributed by atoms with Gasteiger partial charge < -0.3 is 9.32 Å². The summed E-state index contributed by atoms with van der Waals surface area (Å²) < 4.78 is 8.81. The molecule has 10 rings (SSSR count). The van der Waals surface area contributed by atoms with Gasteiger partial charge in [-0.2, -0.15) is 0 Å². The molecule has 240 valence electrons. The molecular weight excluding hydrogens is 639 g/mol. The van der Waals surface area contributed by atoms with Gasteiger partial charge >= 0.3 is 0 Å². The van der Waals surface area contributed by atoms with Crippen LogP contribution in [-0.4, -0.2) is 0 Å². The van der Waals surface area contributed by atoms with Crippen LogP contribution in [0, 0.1) is 0 Å². The zero-order chi connectivity index (χ0) is 33.7. The van der Waals surface area contributed by atoms with Crippen molar-refractivity contribution in [3.05, 3.63) is 188 Å². The predicted octanol–water partition coefficient (Wildman–Crippen LogP) is 14.4. The van der Waals surface area contributed by atoms with Gasteiger partial charge in [0.25, 0.3) is 0 Å². The summed E-state index contributed by atoms with van der Waals surface area (Å²) in [6.45, 7) is 0. The van der Waals surface area contributed by atoms with Gasteiger partial charge in [-0.05, 0) is 81.9 Å². The Bertz CT molecular complexity index is 2850. The molecular formula is C48H31NOS. The highest BCUT2D eigenvalue weighted by Crippen LogP contribution is 2.48. The third-order valence-electron chi connectivity index (χ3n) is 9.88. The standard InChI is InChI=1S/C48H31NOS/c1-3-12-32(13-4-1)35-16-9-17-36(30-35)33-24-26-37(27-25-33)49(38-28-29-46-43(31-38)40-18-7-8-23-45(40)50-46)44-22-11-21-42-41-20-10-19-39(47(41)51-48(42)44)34-14-5-2-6-15-34/h1-31H. The van der Waals surface area contributed by atoms with E-state index >= 15 is 0 Å². The summed E-state index contributed by atoms with van der Waals surface area (Å²) in [5, 5.41) is 4.77. The highest BCUT2D eigenvalue weighted by atomic mass is 32.1. The molecule has 2 heterocycles. The summed E-state index contributed by atoms with van der Waals surface area (Å²) in [6, 6.07) is 67.4. The minimum Gasteiger partial charge on any atom is -0.456 e. The third-order valence-corrected chi connectivity index (χ3v) is 11.2. The molecule has 51 heavy (non-hydrogen) atoms. The van der Waals surface area contributed by atoms with Gasteiger partial charge in [-0.3, -0.25) is 0 Å². The first kappa shape index (κ1) is 29.5. The molecule has 0 N–H and O–H groups in total.